The van der Waals surface area contributed by atoms with Gasteiger partial charge < -0.3 is 0 Å². The number of hydrogen-bond acceptors (Lipinski definition) is 4. The van der Waals surface area contributed by atoms with Crippen molar-refractivity contribution in [3.63, 3.8) is 0 Å². The third-order valence-corrected chi connectivity index (χ3v) is 6.16. The molecule has 1 N–H and O–H groups in total. The maximum atomic E-state index is 15.6. The summed E-state index contributed by atoms with van der Waals surface area (Å²) in [6.07, 6.45) is 0.894. The molecule has 1 aromatic heterocycles. The fourth-order valence-corrected chi connectivity index (χ4v) is 4.36. The number of imide groups is 1. The molecule has 0 spiro atoms. The van der Waals surface area contributed by atoms with Crippen LogP contribution in [-0.4, -0.2) is 28.8 Å². The number of para-hydroxylation sites is 1. The number of benzene rings is 1. The molecule has 5 nitrogen and oxygen atoms in total. The molecule has 2 heterocycles. The molecular weight excluding hydrogens is 443 g/mol. The molecule has 2 aromatic rings. The number of anilines is 1. The van der Waals surface area contributed by atoms with Crippen molar-refractivity contribution in [2.45, 2.75) is 58.0 Å². The molecule has 2 amide bonds. The van der Waals surface area contributed by atoms with Gasteiger partial charge in [0.15, 0.2) is 5.83 Å². The highest BCUT2D eigenvalue weighted by Crippen LogP contribution is 2.45. The average molecular weight is 470 g/mol. The number of amides is 2. The van der Waals surface area contributed by atoms with Gasteiger partial charge in [-0.1, -0.05) is 52.0 Å². The highest BCUT2D eigenvalue weighted by molar-refractivity contribution is 6.37. The number of alkyl halides is 2. The van der Waals surface area contributed by atoms with Gasteiger partial charge in [-0.25, -0.2) is 18.1 Å². The van der Waals surface area contributed by atoms with Gasteiger partial charge in [-0.05, 0) is 40.7 Å². The number of carbonyl (C=O) groups is 2. The molecule has 2 atom stereocenters. The van der Waals surface area contributed by atoms with Crippen molar-refractivity contribution in [2.24, 2.45) is 0 Å². The van der Waals surface area contributed by atoms with Crippen LogP contribution in [0, 0.1) is 0 Å². The molecule has 0 saturated carbocycles. The first-order valence-corrected chi connectivity index (χ1v) is 11.2. The third kappa shape index (κ3) is 3.86. The standard InChI is InChI=1S/C26H26F3N3O2/c1-14(2)17-8-5-9-18(15(3)4)22(17)32-24(33)19-11-26(29,23(28)21(27)20(19)25(32)34)31-13-16-7-6-10-30-12-16/h5-12,14-15,23,31H,13H2,1-4H3. The van der Waals surface area contributed by atoms with Gasteiger partial charge in [0.25, 0.3) is 11.8 Å². The maximum Gasteiger partial charge on any atom is 0.268 e. The van der Waals surface area contributed by atoms with Gasteiger partial charge in [0.1, 0.15) is 0 Å². The summed E-state index contributed by atoms with van der Waals surface area (Å²) < 4.78 is 45.8. The Balaban J connectivity index is 1.79. The van der Waals surface area contributed by atoms with Gasteiger partial charge >= 0.3 is 0 Å². The molecule has 1 saturated heterocycles. The van der Waals surface area contributed by atoms with E-state index in [1.807, 2.05) is 33.8 Å². The lowest BCUT2D eigenvalue weighted by Gasteiger charge is -2.29. The first-order chi connectivity index (χ1) is 16.1. The number of halogens is 3. The van der Waals surface area contributed by atoms with E-state index in [0.717, 1.165) is 4.90 Å². The molecular formula is C26H26F3N3O2. The van der Waals surface area contributed by atoms with Crippen LogP contribution in [0.2, 0.25) is 0 Å². The van der Waals surface area contributed by atoms with Crippen LogP contribution >= 0.6 is 0 Å². The number of pyridine rings is 1. The molecule has 0 bridgehead atoms. The molecule has 178 valence electrons. The molecule has 34 heavy (non-hydrogen) atoms. The summed E-state index contributed by atoms with van der Waals surface area (Å²) in [5, 5.41) is 2.34. The lowest BCUT2D eigenvalue weighted by atomic mass is 9.92. The van der Waals surface area contributed by atoms with E-state index in [2.05, 4.69) is 10.3 Å². The van der Waals surface area contributed by atoms with Crippen LogP contribution in [0.3, 0.4) is 0 Å². The smallest absolute Gasteiger partial charge is 0.268 e. The zero-order chi connectivity index (χ0) is 24.8. The SMILES string of the molecule is CC(C)c1cccc(C(C)C)c1N1C(=O)C2=CC(F)(NCc3cccnc3)C(F)C(F)=C2C1=O. The maximum absolute atomic E-state index is 15.6. The van der Waals surface area contributed by atoms with E-state index in [4.69, 9.17) is 0 Å². The van der Waals surface area contributed by atoms with Crippen LogP contribution in [0.15, 0.2) is 65.8 Å². The summed E-state index contributed by atoms with van der Waals surface area (Å²) in [5.74, 6) is -6.57. The Labute approximate surface area is 196 Å². The quantitative estimate of drug-likeness (QED) is 0.469. The van der Waals surface area contributed by atoms with Crippen molar-refractivity contribution in [3.05, 3.63) is 82.5 Å². The fraction of sp³-hybridized carbons (Fsp3) is 0.346. The largest absolute Gasteiger partial charge is 0.275 e. The van der Waals surface area contributed by atoms with Crippen molar-refractivity contribution in [3.8, 4) is 0 Å². The number of nitrogens with zero attached hydrogens (tertiary/aromatic N) is 2. The Bertz CT molecular complexity index is 1180. The number of hydrogen-bond donors (Lipinski definition) is 1. The summed E-state index contributed by atoms with van der Waals surface area (Å²) in [7, 11) is 0. The van der Waals surface area contributed by atoms with E-state index in [1.165, 1.54) is 12.4 Å². The lowest BCUT2D eigenvalue weighted by molar-refractivity contribution is -0.119. The number of rotatable bonds is 6. The van der Waals surface area contributed by atoms with Crippen molar-refractivity contribution in [1.82, 2.24) is 10.3 Å². The first-order valence-electron chi connectivity index (χ1n) is 11.2. The van der Waals surface area contributed by atoms with Crippen LogP contribution in [0.4, 0.5) is 18.9 Å². The van der Waals surface area contributed by atoms with Crippen molar-refractivity contribution in [2.75, 3.05) is 4.90 Å². The van der Waals surface area contributed by atoms with Crippen LogP contribution in [0.25, 0.3) is 0 Å². The van der Waals surface area contributed by atoms with E-state index in [-0.39, 0.29) is 18.4 Å². The Morgan fingerprint density at radius 1 is 1.06 bits per heavy atom. The number of aromatic nitrogens is 1. The molecule has 2 unspecified atom stereocenters. The van der Waals surface area contributed by atoms with Crippen LogP contribution in [0.5, 0.6) is 0 Å². The fourth-order valence-electron chi connectivity index (χ4n) is 4.36. The average Bonchev–Trinajstić information content (AvgIpc) is 3.05. The predicted molar refractivity (Wildman–Crippen MR) is 123 cm³/mol. The molecule has 2 aliphatic rings. The van der Waals surface area contributed by atoms with Crippen molar-refractivity contribution < 1.29 is 22.8 Å². The van der Waals surface area contributed by atoms with Gasteiger partial charge in [-0.3, -0.25) is 19.9 Å². The minimum Gasteiger partial charge on any atom is -0.275 e. The van der Waals surface area contributed by atoms with Gasteiger partial charge in [0.2, 0.25) is 12.0 Å². The van der Waals surface area contributed by atoms with Crippen molar-refractivity contribution >= 4 is 17.5 Å². The van der Waals surface area contributed by atoms with E-state index < -0.39 is 40.8 Å². The number of nitrogens with one attached hydrogen (secondary N) is 1. The topological polar surface area (TPSA) is 62.3 Å². The normalized spacial score (nSPS) is 22.7. The Hall–Kier alpha value is -3.26. The molecule has 8 heteroatoms. The van der Waals surface area contributed by atoms with Gasteiger partial charge in [-0.15, -0.1) is 0 Å². The van der Waals surface area contributed by atoms with Crippen molar-refractivity contribution in [1.29, 1.82) is 0 Å². The summed E-state index contributed by atoms with van der Waals surface area (Å²) in [5.41, 5.74) is 1.12. The van der Waals surface area contributed by atoms with E-state index in [9.17, 15) is 14.0 Å². The highest BCUT2D eigenvalue weighted by atomic mass is 19.2. The lowest BCUT2D eigenvalue weighted by Crippen LogP contribution is -2.49. The zero-order valence-electron chi connectivity index (χ0n) is 19.4. The van der Waals surface area contributed by atoms with Crippen LogP contribution in [0.1, 0.15) is 56.2 Å². The monoisotopic (exact) mass is 469 g/mol. The summed E-state index contributed by atoms with van der Waals surface area (Å²) in [6.45, 7) is 7.48. The minimum absolute atomic E-state index is 0.0555. The van der Waals surface area contributed by atoms with Gasteiger partial charge in [0, 0.05) is 18.9 Å². The first kappa shape index (κ1) is 23.9. The zero-order valence-corrected chi connectivity index (χ0v) is 19.4. The third-order valence-electron chi connectivity index (χ3n) is 6.16. The van der Waals surface area contributed by atoms with Crippen LogP contribution < -0.4 is 10.2 Å². The molecule has 4 rings (SSSR count). The highest BCUT2D eigenvalue weighted by Gasteiger charge is 2.54. The predicted octanol–water partition coefficient (Wildman–Crippen LogP) is 5.16. The molecule has 0 radical (unpaired) electrons. The molecule has 1 aliphatic carbocycles. The Kier molecular flexibility index (Phi) is 6.20. The molecule has 1 aromatic carbocycles. The molecule has 1 aliphatic heterocycles. The Morgan fingerprint density at radius 2 is 1.71 bits per heavy atom. The second-order valence-electron chi connectivity index (χ2n) is 9.17. The van der Waals surface area contributed by atoms with Gasteiger partial charge in [-0.2, -0.15) is 0 Å². The molecule has 1 fully saturated rings. The van der Waals surface area contributed by atoms with Gasteiger partial charge in [0.05, 0.1) is 16.8 Å². The van der Waals surface area contributed by atoms with E-state index in [0.29, 0.717) is 28.5 Å². The summed E-state index contributed by atoms with van der Waals surface area (Å²) >= 11 is 0. The summed E-state index contributed by atoms with van der Waals surface area (Å²) in [6, 6.07) is 8.69. The van der Waals surface area contributed by atoms with Crippen LogP contribution in [-0.2, 0) is 16.1 Å². The number of fused-ring (bicyclic) bond motifs is 1. The number of carbonyl (C=O) groups excluding carboxylic acids is 2. The van der Waals surface area contributed by atoms with E-state index >= 15 is 8.78 Å². The Morgan fingerprint density at radius 3 is 2.26 bits per heavy atom. The minimum atomic E-state index is -3.01. The van der Waals surface area contributed by atoms with E-state index in [1.54, 1.807) is 24.3 Å². The summed E-state index contributed by atoms with van der Waals surface area (Å²) in [4.78, 5) is 31.5. The second kappa shape index (κ2) is 8.83. The second-order valence-corrected chi connectivity index (χ2v) is 9.17.